The number of rotatable bonds is 7. The van der Waals surface area contributed by atoms with Gasteiger partial charge in [0.1, 0.15) is 29.6 Å². The summed E-state index contributed by atoms with van der Waals surface area (Å²) in [6.07, 6.45) is 0. The van der Waals surface area contributed by atoms with Crippen LogP contribution in [0.25, 0.3) is 0 Å². The summed E-state index contributed by atoms with van der Waals surface area (Å²) in [7, 11) is 0. The third kappa shape index (κ3) is 5.86. The third-order valence-electron chi connectivity index (χ3n) is 4.32. The van der Waals surface area contributed by atoms with Gasteiger partial charge in [-0.2, -0.15) is 4.91 Å². The van der Waals surface area contributed by atoms with Crippen molar-refractivity contribution in [1.29, 1.82) is 0 Å². The molecule has 1 atom stereocenters. The van der Waals surface area contributed by atoms with Crippen molar-refractivity contribution in [3.63, 3.8) is 0 Å². The van der Waals surface area contributed by atoms with Gasteiger partial charge in [-0.3, -0.25) is 10.1 Å². The molecule has 0 saturated heterocycles. The minimum Gasteiger partial charge on any atom is -0.491 e. The van der Waals surface area contributed by atoms with Crippen molar-refractivity contribution in [3.05, 3.63) is 99.4 Å². The molecular formula is C22H16ClF2N3O4. The number of benzene rings is 3. The predicted octanol–water partition coefficient (Wildman–Crippen LogP) is 5.47. The maximum atomic E-state index is 13.6. The lowest BCUT2D eigenvalue weighted by molar-refractivity contribution is 0.0959. The number of imide groups is 1. The molecule has 0 spiro atoms. The average Bonchev–Trinajstić information content (AvgIpc) is 2.76. The van der Waals surface area contributed by atoms with Gasteiger partial charge in [0.05, 0.1) is 0 Å². The first-order valence-electron chi connectivity index (χ1n) is 9.24. The van der Waals surface area contributed by atoms with Crippen molar-refractivity contribution in [2.45, 2.75) is 6.04 Å². The molecule has 0 heterocycles. The Morgan fingerprint density at radius 2 is 1.59 bits per heavy atom. The normalized spacial score (nSPS) is 11.3. The second-order valence-electron chi connectivity index (χ2n) is 6.51. The van der Waals surface area contributed by atoms with Gasteiger partial charge in [0, 0.05) is 10.7 Å². The predicted molar refractivity (Wildman–Crippen MR) is 115 cm³/mol. The molecule has 3 amide bonds. The van der Waals surface area contributed by atoms with E-state index >= 15 is 0 Å². The number of carbonyl (C=O) groups excluding carboxylic acids is 2. The van der Waals surface area contributed by atoms with E-state index in [9.17, 15) is 23.3 Å². The van der Waals surface area contributed by atoms with Crippen LogP contribution in [0.2, 0.25) is 5.02 Å². The van der Waals surface area contributed by atoms with Gasteiger partial charge in [-0.1, -0.05) is 35.0 Å². The molecule has 164 valence electrons. The molecule has 1 unspecified atom stereocenters. The number of anilines is 1. The van der Waals surface area contributed by atoms with Gasteiger partial charge in [-0.05, 0) is 54.1 Å². The summed E-state index contributed by atoms with van der Waals surface area (Å²) in [4.78, 5) is 35.0. The SMILES string of the molecule is O=NC(COc1ccc(NC(=O)NC(=O)c2c(F)cccc2F)cc1)c1ccc(Cl)cc1. The van der Waals surface area contributed by atoms with Gasteiger partial charge < -0.3 is 10.1 Å². The average molecular weight is 460 g/mol. The van der Waals surface area contributed by atoms with E-state index in [0.717, 1.165) is 18.2 Å². The topological polar surface area (TPSA) is 96.9 Å². The summed E-state index contributed by atoms with van der Waals surface area (Å²) in [6, 6.07) is 13.9. The van der Waals surface area contributed by atoms with E-state index in [1.807, 2.05) is 5.32 Å². The van der Waals surface area contributed by atoms with Gasteiger partial charge in [0.2, 0.25) is 0 Å². The highest BCUT2D eigenvalue weighted by Crippen LogP contribution is 2.22. The number of ether oxygens (including phenoxy) is 1. The minimum atomic E-state index is -1.22. The second-order valence-corrected chi connectivity index (χ2v) is 6.95. The van der Waals surface area contributed by atoms with Crippen LogP contribution in [0.15, 0.2) is 71.9 Å². The Kier molecular flexibility index (Phi) is 7.45. The highest BCUT2D eigenvalue weighted by atomic mass is 35.5. The molecule has 0 fully saturated rings. The molecule has 32 heavy (non-hydrogen) atoms. The minimum absolute atomic E-state index is 0.0128. The summed E-state index contributed by atoms with van der Waals surface area (Å²) in [5.41, 5.74) is 0.0835. The lowest BCUT2D eigenvalue weighted by Gasteiger charge is -2.12. The first-order chi connectivity index (χ1) is 15.4. The van der Waals surface area contributed by atoms with Crippen molar-refractivity contribution >= 4 is 29.2 Å². The van der Waals surface area contributed by atoms with Gasteiger partial charge in [0.25, 0.3) is 5.91 Å². The van der Waals surface area contributed by atoms with E-state index in [1.54, 1.807) is 24.3 Å². The summed E-state index contributed by atoms with van der Waals surface area (Å²) < 4.78 is 32.8. The Labute approximate surface area is 186 Å². The van der Waals surface area contributed by atoms with E-state index in [2.05, 4.69) is 10.5 Å². The van der Waals surface area contributed by atoms with E-state index in [1.165, 1.54) is 24.3 Å². The summed E-state index contributed by atoms with van der Waals surface area (Å²) in [5.74, 6) is -2.98. The van der Waals surface area contributed by atoms with Crippen LogP contribution in [0, 0.1) is 16.5 Å². The molecule has 3 aromatic rings. The van der Waals surface area contributed by atoms with Crippen LogP contribution in [-0.2, 0) is 0 Å². The number of nitrogens with one attached hydrogen (secondary N) is 2. The Balaban J connectivity index is 1.55. The van der Waals surface area contributed by atoms with Crippen molar-refractivity contribution in [1.82, 2.24) is 5.32 Å². The second kappa shape index (κ2) is 10.5. The van der Waals surface area contributed by atoms with Crippen molar-refractivity contribution in [2.75, 3.05) is 11.9 Å². The quantitative estimate of drug-likeness (QED) is 0.458. The zero-order valence-corrected chi connectivity index (χ0v) is 17.1. The number of halogens is 3. The third-order valence-corrected chi connectivity index (χ3v) is 4.57. The fourth-order valence-corrected chi connectivity index (χ4v) is 2.85. The largest absolute Gasteiger partial charge is 0.491 e. The first-order valence-corrected chi connectivity index (χ1v) is 9.62. The van der Waals surface area contributed by atoms with Crippen molar-refractivity contribution < 1.29 is 23.1 Å². The van der Waals surface area contributed by atoms with E-state index in [0.29, 0.717) is 22.0 Å². The van der Waals surface area contributed by atoms with Gasteiger partial charge in [0.15, 0.2) is 6.04 Å². The molecule has 0 saturated carbocycles. The first kappa shape index (κ1) is 22.8. The van der Waals surface area contributed by atoms with Crippen molar-refractivity contribution in [2.24, 2.45) is 5.18 Å². The Bertz CT molecular complexity index is 1100. The van der Waals surface area contributed by atoms with Crippen LogP contribution in [-0.4, -0.2) is 18.5 Å². The molecule has 0 aliphatic heterocycles. The number of amides is 3. The molecule has 0 aromatic heterocycles. The van der Waals surface area contributed by atoms with Crippen LogP contribution in [0.1, 0.15) is 22.0 Å². The lowest BCUT2D eigenvalue weighted by atomic mass is 10.1. The summed E-state index contributed by atoms with van der Waals surface area (Å²) >= 11 is 5.83. The molecule has 0 aliphatic carbocycles. The molecule has 2 N–H and O–H groups in total. The molecule has 0 aliphatic rings. The highest BCUT2D eigenvalue weighted by Gasteiger charge is 2.19. The number of carbonyl (C=O) groups is 2. The molecule has 7 nitrogen and oxygen atoms in total. The number of hydrogen-bond donors (Lipinski definition) is 2. The number of hydrogen-bond acceptors (Lipinski definition) is 5. The molecular weight excluding hydrogens is 444 g/mol. The number of nitroso groups, excluding NO2 is 1. The number of urea groups is 1. The zero-order valence-electron chi connectivity index (χ0n) is 16.3. The molecule has 0 radical (unpaired) electrons. The Morgan fingerprint density at radius 3 is 2.19 bits per heavy atom. The van der Waals surface area contributed by atoms with Gasteiger partial charge >= 0.3 is 6.03 Å². The summed E-state index contributed by atoms with van der Waals surface area (Å²) in [5, 5.41) is 7.81. The molecule has 3 aromatic carbocycles. The van der Waals surface area contributed by atoms with Crippen LogP contribution in [0.3, 0.4) is 0 Å². The van der Waals surface area contributed by atoms with Crippen LogP contribution < -0.4 is 15.4 Å². The Morgan fingerprint density at radius 1 is 0.969 bits per heavy atom. The highest BCUT2D eigenvalue weighted by molar-refractivity contribution is 6.30. The maximum absolute atomic E-state index is 13.6. The lowest BCUT2D eigenvalue weighted by Crippen LogP contribution is -2.35. The monoisotopic (exact) mass is 459 g/mol. The Hall–Kier alpha value is -3.85. The fraction of sp³-hybridized carbons (Fsp3) is 0.0909. The maximum Gasteiger partial charge on any atom is 0.326 e. The standard InChI is InChI=1S/C22H16ClF2N3O4/c23-14-6-4-13(5-7-14)19(28-31)12-32-16-10-8-15(9-11-16)26-22(30)27-21(29)20-17(24)2-1-3-18(20)25/h1-11,19H,12H2,(H2,26,27,29,30). The molecule has 10 heteroatoms. The fourth-order valence-electron chi connectivity index (χ4n) is 2.72. The van der Waals surface area contributed by atoms with Crippen molar-refractivity contribution in [3.8, 4) is 5.75 Å². The number of nitrogens with zero attached hydrogens (tertiary/aromatic N) is 1. The van der Waals surface area contributed by atoms with E-state index in [-0.39, 0.29) is 6.61 Å². The van der Waals surface area contributed by atoms with Gasteiger partial charge in [-0.15, -0.1) is 0 Å². The zero-order chi connectivity index (χ0) is 23.1. The van der Waals surface area contributed by atoms with Crippen LogP contribution in [0.5, 0.6) is 5.75 Å². The van der Waals surface area contributed by atoms with E-state index in [4.69, 9.17) is 16.3 Å². The van der Waals surface area contributed by atoms with Crippen LogP contribution >= 0.6 is 11.6 Å². The smallest absolute Gasteiger partial charge is 0.326 e. The van der Waals surface area contributed by atoms with Crippen LogP contribution in [0.4, 0.5) is 19.3 Å². The van der Waals surface area contributed by atoms with E-state index < -0.39 is 35.2 Å². The summed E-state index contributed by atoms with van der Waals surface area (Å²) in [6.45, 7) is -0.0128. The molecule has 3 rings (SSSR count). The molecule has 0 bridgehead atoms. The van der Waals surface area contributed by atoms with Gasteiger partial charge in [-0.25, -0.2) is 13.6 Å².